The van der Waals surface area contributed by atoms with E-state index < -0.39 is 19.0 Å². The summed E-state index contributed by atoms with van der Waals surface area (Å²) in [6.45, 7) is 1.81. The van der Waals surface area contributed by atoms with Crippen molar-refractivity contribution in [2.45, 2.75) is 32.3 Å². The first-order valence-corrected chi connectivity index (χ1v) is 9.15. The topological polar surface area (TPSA) is 125 Å². The monoisotopic (exact) mass is 396 g/mol. The van der Waals surface area contributed by atoms with Gasteiger partial charge in [0.25, 0.3) is 0 Å². The van der Waals surface area contributed by atoms with Gasteiger partial charge in [0.15, 0.2) is 0 Å². The summed E-state index contributed by atoms with van der Waals surface area (Å²) >= 11 is 0. The SMILES string of the molecule is CC(=O)NCc1cccc(CC(=O)N[C@H]2Cc3cccc(C(=O)O)c3OB2O)c1. The average molecular weight is 396 g/mol. The van der Waals surface area contributed by atoms with Crippen LogP contribution in [0.3, 0.4) is 0 Å². The third-order valence-corrected chi connectivity index (χ3v) is 4.59. The number of hydrogen-bond acceptors (Lipinski definition) is 5. The van der Waals surface area contributed by atoms with E-state index in [9.17, 15) is 24.5 Å². The number of benzene rings is 2. The maximum absolute atomic E-state index is 12.4. The number of amides is 2. The van der Waals surface area contributed by atoms with Gasteiger partial charge >= 0.3 is 13.1 Å². The minimum atomic E-state index is -1.35. The Hall–Kier alpha value is -3.33. The van der Waals surface area contributed by atoms with E-state index in [1.54, 1.807) is 18.2 Å². The zero-order valence-corrected chi connectivity index (χ0v) is 15.8. The number of rotatable bonds is 6. The Kier molecular flexibility index (Phi) is 6.18. The number of fused-ring (bicyclic) bond motifs is 1. The molecule has 2 aromatic rings. The van der Waals surface area contributed by atoms with Crippen molar-refractivity contribution in [1.29, 1.82) is 0 Å². The summed E-state index contributed by atoms with van der Waals surface area (Å²) in [6, 6.07) is 12.0. The van der Waals surface area contributed by atoms with E-state index in [1.165, 1.54) is 13.0 Å². The second-order valence-electron chi connectivity index (χ2n) is 6.89. The lowest BCUT2D eigenvalue weighted by atomic mass is 9.72. The normalized spacial score (nSPS) is 15.1. The fraction of sp³-hybridized carbons (Fsp3) is 0.250. The van der Waals surface area contributed by atoms with Crippen molar-refractivity contribution >= 4 is 24.9 Å². The molecule has 0 saturated carbocycles. The summed E-state index contributed by atoms with van der Waals surface area (Å²) in [5, 5.41) is 24.9. The molecule has 9 heteroatoms. The molecule has 0 aliphatic carbocycles. The Balaban J connectivity index is 1.64. The average Bonchev–Trinajstić information content (AvgIpc) is 2.66. The standard InChI is InChI=1S/C20H21BN2O6/c1-12(24)22-11-14-5-2-4-13(8-14)9-18(25)23-17-10-15-6-3-7-16(20(26)27)19(15)29-21(17)28/h2-8,17,28H,9-11H2,1H3,(H,22,24)(H,23,25)(H,26,27)/t17-/m0/s1. The van der Waals surface area contributed by atoms with Gasteiger partial charge in [-0.2, -0.15) is 0 Å². The quantitative estimate of drug-likeness (QED) is 0.533. The molecule has 0 saturated heterocycles. The Morgan fingerprint density at radius 1 is 1.17 bits per heavy atom. The zero-order valence-electron chi connectivity index (χ0n) is 15.8. The molecule has 29 heavy (non-hydrogen) atoms. The molecule has 2 aromatic carbocycles. The molecule has 1 aliphatic rings. The molecule has 4 N–H and O–H groups in total. The molecular formula is C20H21BN2O6. The molecule has 0 unspecified atom stereocenters. The van der Waals surface area contributed by atoms with E-state index in [2.05, 4.69) is 10.6 Å². The van der Waals surface area contributed by atoms with Crippen molar-refractivity contribution in [2.24, 2.45) is 0 Å². The predicted molar refractivity (Wildman–Crippen MR) is 105 cm³/mol. The van der Waals surface area contributed by atoms with Crippen LogP contribution in [0.25, 0.3) is 0 Å². The molecule has 0 aromatic heterocycles. The van der Waals surface area contributed by atoms with E-state index in [4.69, 9.17) is 4.65 Å². The van der Waals surface area contributed by atoms with E-state index in [1.807, 2.05) is 18.2 Å². The molecule has 0 spiro atoms. The van der Waals surface area contributed by atoms with Crippen LogP contribution in [0.15, 0.2) is 42.5 Å². The Morgan fingerprint density at radius 2 is 1.90 bits per heavy atom. The molecular weight excluding hydrogens is 375 g/mol. The van der Waals surface area contributed by atoms with Crippen molar-refractivity contribution in [3.63, 3.8) is 0 Å². The Bertz CT molecular complexity index is 948. The number of aromatic carboxylic acids is 1. The van der Waals surface area contributed by atoms with Crippen molar-refractivity contribution in [1.82, 2.24) is 10.6 Å². The molecule has 150 valence electrons. The third kappa shape index (κ3) is 5.14. The van der Waals surface area contributed by atoms with Gasteiger partial charge in [0.1, 0.15) is 5.75 Å². The van der Waals surface area contributed by atoms with Crippen molar-refractivity contribution in [2.75, 3.05) is 0 Å². The van der Waals surface area contributed by atoms with Crippen LogP contribution >= 0.6 is 0 Å². The summed E-state index contributed by atoms with van der Waals surface area (Å²) in [6.07, 6.45) is 0.352. The van der Waals surface area contributed by atoms with Crippen LogP contribution in [0.5, 0.6) is 5.75 Å². The van der Waals surface area contributed by atoms with Crippen LogP contribution in [0, 0.1) is 0 Å². The van der Waals surface area contributed by atoms with Gasteiger partial charge < -0.3 is 25.4 Å². The predicted octanol–water partition coefficient (Wildman–Crippen LogP) is 0.703. The van der Waals surface area contributed by atoms with Gasteiger partial charge in [-0.05, 0) is 29.2 Å². The number of para-hydroxylation sites is 1. The summed E-state index contributed by atoms with van der Waals surface area (Å²) < 4.78 is 5.38. The van der Waals surface area contributed by atoms with E-state index in [0.29, 0.717) is 12.1 Å². The fourth-order valence-corrected chi connectivity index (χ4v) is 3.24. The molecule has 1 heterocycles. The Labute approximate surface area is 168 Å². The van der Waals surface area contributed by atoms with Crippen LogP contribution in [0.1, 0.15) is 34.0 Å². The Morgan fingerprint density at radius 3 is 2.62 bits per heavy atom. The van der Waals surface area contributed by atoms with E-state index in [-0.39, 0.29) is 36.0 Å². The largest absolute Gasteiger partial charge is 0.547 e. The van der Waals surface area contributed by atoms with Gasteiger partial charge in [-0.1, -0.05) is 36.4 Å². The molecule has 2 amide bonds. The molecule has 1 aliphatic heterocycles. The van der Waals surface area contributed by atoms with Gasteiger partial charge in [-0.15, -0.1) is 0 Å². The lowest BCUT2D eigenvalue weighted by Crippen LogP contribution is -2.53. The molecule has 0 fully saturated rings. The lowest BCUT2D eigenvalue weighted by Gasteiger charge is -2.28. The molecule has 1 atom stereocenters. The van der Waals surface area contributed by atoms with E-state index in [0.717, 1.165) is 11.1 Å². The smallest absolute Gasteiger partial charge is 0.534 e. The number of carboxylic acids is 1. The van der Waals surface area contributed by atoms with Crippen molar-refractivity contribution < 1.29 is 29.2 Å². The number of nitrogens with one attached hydrogen (secondary N) is 2. The van der Waals surface area contributed by atoms with Crippen LogP contribution in [0.4, 0.5) is 0 Å². The molecule has 0 bridgehead atoms. The second kappa shape index (κ2) is 8.79. The van der Waals surface area contributed by atoms with Crippen LogP contribution < -0.4 is 15.3 Å². The maximum Gasteiger partial charge on any atom is 0.547 e. The summed E-state index contributed by atoms with van der Waals surface area (Å²) in [5.74, 6) is -2.14. The zero-order chi connectivity index (χ0) is 21.0. The second-order valence-corrected chi connectivity index (χ2v) is 6.89. The minimum absolute atomic E-state index is 0.0256. The van der Waals surface area contributed by atoms with Gasteiger partial charge in [0, 0.05) is 13.5 Å². The molecule has 8 nitrogen and oxygen atoms in total. The lowest BCUT2D eigenvalue weighted by molar-refractivity contribution is -0.121. The highest BCUT2D eigenvalue weighted by atomic mass is 16.5. The van der Waals surface area contributed by atoms with Crippen LogP contribution in [-0.4, -0.2) is 41.0 Å². The van der Waals surface area contributed by atoms with Crippen molar-refractivity contribution in [3.8, 4) is 5.75 Å². The van der Waals surface area contributed by atoms with Crippen LogP contribution in [-0.2, 0) is 29.0 Å². The minimum Gasteiger partial charge on any atom is -0.534 e. The highest BCUT2D eigenvalue weighted by Gasteiger charge is 2.37. The molecule has 0 radical (unpaired) electrons. The van der Waals surface area contributed by atoms with Gasteiger partial charge in [-0.3, -0.25) is 9.59 Å². The maximum atomic E-state index is 12.4. The van der Waals surface area contributed by atoms with Gasteiger partial charge in [0.2, 0.25) is 11.8 Å². The first-order chi connectivity index (χ1) is 13.8. The third-order valence-electron chi connectivity index (χ3n) is 4.59. The van der Waals surface area contributed by atoms with E-state index >= 15 is 0 Å². The summed E-state index contributed by atoms with van der Waals surface area (Å²) in [5.41, 5.74) is 2.23. The number of hydrogen-bond donors (Lipinski definition) is 4. The fourth-order valence-electron chi connectivity index (χ4n) is 3.24. The van der Waals surface area contributed by atoms with Gasteiger partial charge in [-0.25, -0.2) is 4.79 Å². The summed E-state index contributed by atoms with van der Waals surface area (Å²) in [7, 11) is -1.35. The summed E-state index contributed by atoms with van der Waals surface area (Å²) in [4.78, 5) is 34.8. The first-order valence-electron chi connectivity index (χ1n) is 9.15. The highest BCUT2D eigenvalue weighted by molar-refractivity contribution is 6.47. The number of carbonyl (C=O) groups is 3. The van der Waals surface area contributed by atoms with Gasteiger partial charge in [0.05, 0.1) is 17.9 Å². The number of carbonyl (C=O) groups excluding carboxylic acids is 2. The number of carboxylic acid groups (broad SMARTS) is 1. The highest BCUT2D eigenvalue weighted by Crippen LogP contribution is 2.30. The van der Waals surface area contributed by atoms with Crippen molar-refractivity contribution in [3.05, 3.63) is 64.7 Å². The first kappa shape index (κ1) is 20.4. The molecule has 3 rings (SSSR count). The van der Waals surface area contributed by atoms with Crippen LogP contribution in [0.2, 0.25) is 0 Å².